The molecule has 0 aromatic heterocycles. The highest BCUT2D eigenvalue weighted by molar-refractivity contribution is 8.01. The zero-order chi connectivity index (χ0) is 21.9. The molecule has 1 heterocycles. The van der Waals surface area contributed by atoms with Crippen molar-refractivity contribution in [3.8, 4) is 5.75 Å². The summed E-state index contributed by atoms with van der Waals surface area (Å²) >= 11 is 7.35. The third-order valence-corrected chi connectivity index (χ3v) is 7.92. The number of sulfone groups is 1. The maximum absolute atomic E-state index is 12.7. The smallest absolute Gasteiger partial charge is 0.237 e. The number of methoxy groups -OCH3 is 1. The van der Waals surface area contributed by atoms with Crippen LogP contribution in [0.5, 0.6) is 5.75 Å². The van der Waals surface area contributed by atoms with E-state index >= 15 is 0 Å². The van der Waals surface area contributed by atoms with Crippen LogP contribution in [0.25, 0.3) is 0 Å². The number of benzene rings is 2. The number of hydrogen-bond acceptors (Lipinski definition) is 6. The summed E-state index contributed by atoms with van der Waals surface area (Å²) in [6.45, 7) is 1.92. The first-order valence-corrected chi connectivity index (χ1v) is 12.1. The molecule has 10 heteroatoms. The number of nitrogens with one attached hydrogen (secondary N) is 2. The van der Waals surface area contributed by atoms with Gasteiger partial charge in [-0.15, -0.1) is 11.8 Å². The average Bonchev–Trinajstić information content (AvgIpc) is 2.71. The van der Waals surface area contributed by atoms with Crippen molar-refractivity contribution in [2.45, 2.75) is 34.8 Å². The van der Waals surface area contributed by atoms with Crippen LogP contribution in [0.3, 0.4) is 0 Å². The van der Waals surface area contributed by atoms with E-state index in [1.54, 1.807) is 18.2 Å². The maximum Gasteiger partial charge on any atom is 0.237 e. The zero-order valence-electron chi connectivity index (χ0n) is 16.4. The van der Waals surface area contributed by atoms with Gasteiger partial charge in [-0.3, -0.25) is 9.59 Å². The van der Waals surface area contributed by atoms with Crippen molar-refractivity contribution < 1.29 is 22.7 Å². The van der Waals surface area contributed by atoms with Gasteiger partial charge in [-0.2, -0.15) is 0 Å². The Kier molecular flexibility index (Phi) is 6.95. The summed E-state index contributed by atoms with van der Waals surface area (Å²) in [5, 5.41) is 5.61. The largest absolute Gasteiger partial charge is 0.495 e. The quantitative estimate of drug-likeness (QED) is 0.637. The molecule has 7 nitrogen and oxygen atoms in total. The number of fused-ring (bicyclic) bond motifs is 1. The first-order chi connectivity index (χ1) is 14.2. The van der Waals surface area contributed by atoms with Crippen LogP contribution in [0.4, 0.5) is 11.4 Å². The number of amides is 2. The van der Waals surface area contributed by atoms with E-state index < -0.39 is 15.7 Å². The van der Waals surface area contributed by atoms with Crippen molar-refractivity contribution in [1.82, 2.24) is 0 Å². The summed E-state index contributed by atoms with van der Waals surface area (Å²) in [6.07, 6.45) is 0.441. The molecule has 3 rings (SSSR count). The summed E-state index contributed by atoms with van der Waals surface area (Å²) in [7, 11) is -2.26. The fourth-order valence-corrected chi connectivity index (χ4v) is 5.38. The lowest BCUT2D eigenvalue weighted by Crippen LogP contribution is -2.28. The van der Waals surface area contributed by atoms with E-state index in [0.717, 1.165) is 4.90 Å². The molecule has 0 bridgehead atoms. The number of hydrogen-bond donors (Lipinski definition) is 2. The number of anilines is 2. The molecule has 30 heavy (non-hydrogen) atoms. The number of carbonyl (C=O) groups is 2. The molecule has 1 aliphatic heterocycles. The zero-order valence-corrected chi connectivity index (χ0v) is 18.8. The maximum atomic E-state index is 12.7. The molecule has 0 aliphatic carbocycles. The summed E-state index contributed by atoms with van der Waals surface area (Å²) in [5.74, 6) is -0.575. The van der Waals surface area contributed by atoms with Crippen LogP contribution >= 0.6 is 23.4 Å². The van der Waals surface area contributed by atoms with Crippen LogP contribution in [-0.2, 0) is 19.4 Å². The first-order valence-electron chi connectivity index (χ1n) is 9.21. The normalized spacial score (nSPS) is 15.8. The molecule has 2 N–H and O–H groups in total. The Morgan fingerprint density at radius 1 is 1.27 bits per heavy atom. The van der Waals surface area contributed by atoms with Gasteiger partial charge < -0.3 is 15.4 Å². The van der Waals surface area contributed by atoms with Gasteiger partial charge in [-0.05, 0) is 42.8 Å². The van der Waals surface area contributed by atoms with Gasteiger partial charge in [-0.25, -0.2) is 8.42 Å². The summed E-state index contributed by atoms with van der Waals surface area (Å²) in [4.78, 5) is 25.2. The van der Waals surface area contributed by atoms with Crippen molar-refractivity contribution in [3.05, 3.63) is 41.4 Å². The molecule has 2 amide bonds. The van der Waals surface area contributed by atoms with E-state index in [4.69, 9.17) is 16.3 Å². The lowest BCUT2D eigenvalue weighted by Gasteiger charge is -2.23. The SMILES string of the molecule is CCC1Sc2ccc(S(=O)(=O)CCC(=O)Nc3cc(Cl)ccc3OC)cc2NC1=O. The Morgan fingerprint density at radius 3 is 2.73 bits per heavy atom. The van der Waals surface area contributed by atoms with Gasteiger partial charge in [0.2, 0.25) is 11.8 Å². The van der Waals surface area contributed by atoms with E-state index in [0.29, 0.717) is 28.6 Å². The Balaban J connectivity index is 1.69. The molecule has 0 saturated heterocycles. The van der Waals surface area contributed by atoms with Crippen LogP contribution in [0, 0.1) is 0 Å². The molecule has 0 spiro atoms. The molecule has 160 valence electrons. The molecule has 2 aromatic carbocycles. The molecule has 2 aromatic rings. The number of carbonyl (C=O) groups excluding carboxylic acids is 2. The number of ether oxygens (including phenoxy) is 1. The summed E-state index contributed by atoms with van der Waals surface area (Å²) in [5.41, 5.74) is 0.843. The third-order valence-electron chi connectivity index (χ3n) is 4.53. The van der Waals surface area contributed by atoms with Crippen LogP contribution in [0.15, 0.2) is 46.2 Å². The number of thioether (sulfide) groups is 1. The minimum absolute atomic E-state index is 0.0604. The van der Waals surface area contributed by atoms with Crippen LogP contribution in [0.2, 0.25) is 5.02 Å². The van der Waals surface area contributed by atoms with Crippen molar-refractivity contribution >= 4 is 56.4 Å². The fourth-order valence-electron chi connectivity index (χ4n) is 2.93. The molecule has 1 atom stereocenters. The highest BCUT2D eigenvalue weighted by Gasteiger charge is 2.27. The lowest BCUT2D eigenvalue weighted by atomic mass is 10.2. The van der Waals surface area contributed by atoms with Crippen molar-refractivity contribution in [2.75, 3.05) is 23.5 Å². The van der Waals surface area contributed by atoms with E-state index in [9.17, 15) is 18.0 Å². The van der Waals surface area contributed by atoms with Crippen molar-refractivity contribution in [1.29, 1.82) is 0 Å². The summed E-state index contributed by atoms with van der Waals surface area (Å²) < 4.78 is 30.6. The van der Waals surface area contributed by atoms with Gasteiger partial charge in [0.05, 0.1) is 34.4 Å². The van der Waals surface area contributed by atoms with E-state index in [1.807, 2.05) is 6.92 Å². The Morgan fingerprint density at radius 2 is 2.03 bits per heavy atom. The van der Waals surface area contributed by atoms with Gasteiger partial charge in [0.15, 0.2) is 9.84 Å². The number of halogens is 1. The van der Waals surface area contributed by atoms with Crippen LogP contribution in [-0.4, -0.2) is 38.3 Å². The Bertz CT molecular complexity index is 1090. The van der Waals surface area contributed by atoms with E-state index in [1.165, 1.54) is 37.1 Å². The Hall–Kier alpha value is -2.23. The lowest BCUT2D eigenvalue weighted by molar-refractivity contribution is -0.116. The minimum Gasteiger partial charge on any atom is -0.495 e. The van der Waals surface area contributed by atoms with Gasteiger partial charge in [0.1, 0.15) is 5.75 Å². The van der Waals surface area contributed by atoms with Gasteiger partial charge >= 0.3 is 0 Å². The predicted molar refractivity (Wildman–Crippen MR) is 118 cm³/mol. The second-order valence-electron chi connectivity index (χ2n) is 6.62. The predicted octanol–water partition coefficient (Wildman–Crippen LogP) is 3.97. The molecular formula is C20H21ClN2O5S2. The van der Waals surface area contributed by atoms with E-state index in [-0.39, 0.29) is 28.2 Å². The highest BCUT2D eigenvalue weighted by Crippen LogP contribution is 2.38. The second kappa shape index (κ2) is 9.28. The average molecular weight is 469 g/mol. The molecule has 1 unspecified atom stereocenters. The van der Waals surface area contributed by atoms with E-state index in [2.05, 4.69) is 10.6 Å². The van der Waals surface area contributed by atoms with Crippen molar-refractivity contribution in [2.24, 2.45) is 0 Å². The molecule has 0 saturated carbocycles. The van der Waals surface area contributed by atoms with Gasteiger partial charge in [0.25, 0.3) is 0 Å². The highest BCUT2D eigenvalue weighted by atomic mass is 35.5. The second-order valence-corrected chi connectivity index (χ2v) is 10.4. The Labute approximate surface area is 184 Å². The van der Waals surface area contributed by atoms with Crippen molar-refractivity contribution in [3.63, 3.8) is 0 Å². The summed E-state index contributed by atoms with van der Waals surface area (Å²) in [6, 6.07) is 9.39. The molecule has 0 radical (unpaired) electrons. The minimum atomic E-state index is -3.72. The van der Waals surface area contributed by atoms with Crippen LogP contribution < -0.4 is 15.4 Å². The topological polar surface area (TPSA) is 102 Å². The first kappa shape index (κ1) is 22.5. The van der Waals surface area contributed by atoms with Crippen LogP contribution in [0.1, 0.15) is 19.8 Å². The van der Waals surface area contributed by atoms with Gasteiger partial charge in [-0.1, -0.05) is 18.5 Å². The standard InChI is InChI=1S/C20H21ClN2O5S2/c1-3-17-20(25)23-15-11-13(5-7-18(15)29-17)30(26,27)9-8-19(24)22-14-10-12(21)4-6-16(14)28-2/h4-7,10-11,17H,3,8-9H2,1-2H3,(H,22,24)(H,23,25). The fraction of sp³-hybridized carbons (Fsp3) is 0.300. The van der Waals surface area contributed by atoms with Gasteiger partial charge in [0, 0.05) is 16.3 Å². The number of rotatable bonds is 7. The monoisotopic (exact) mass is 468 g/mol. The molecule has 1 aliphatic rings. The molecule has 0 fully saturated rings. The molecular weight excluding hydrogens is 448 g/mol. The third kappa shape index (κ3) is 5.08.